The molecule has 1 aliphatic rings. The van der Waals surface area contributed by atoms with Crippen molar-refractivity contribution in [1.29, 1.82) is 0 Å². The third-order valence-corrected chi connectivity index (χ3v) is 3.61. The minimum absolute atomic E-state index is 0.193. The molecule has 1 fully saturated rings. The van der Waals surface area contributed by atoms with E-state index in [0.717, 1.165) is 25.2 Å². The van der Waals surface area contributed by atoms with Gasteiger partial charge in [0.1, 0.15) is 0 Å². The van der Waals surface area contributed by atoms with E-state index in [1.54, 1.807) is 0 Å². The number of allylic oxidation sites excluding steroid dienone is 1. The van der Waals surface area contributed by atoms with Gasteiger partial charge in [-0.3, -0.25) is 4.79 Å². The van der Waals surface area contributed by atoms with Crippen LogP contribution in [0, 0.1) is 11.8 Å². The lowest BCUT2D eigenvalue weighted by atomic mass is 9.89. The number of hydrogen-bond acceptors (Lipinski definition) is 1. The molecule has 1 amide bonds. The van der Waals surface area contributed by atoms with Crippen LogP contribution in [-0.4, -0.2) is 11.9 Å². The number of rotatable bonds is 7. The molecule has 2 nitrogen and oxygen atoms in total. The molecule has 98 valence electrons. The lowest BCUT2D eigenvalue weighted by Gasteiger charge is -2.21. The van der Waals surface area contributed by atoms with Crippen LogP contribution in [0.15, 0.2) is 12.7 Å². The molecule has 0 radical (unpaired) electrons. The first-order valence-electron chi connectivity index (χ1n) is 7.04. The van der Waals surface area contributed by atoms with E-state index in [2.05, 4.69) is 11.9 Å². The van der Waals surface area contributed by atoms with Crippen molar-refractivity contribution >= 4 is 5.91 Å². The lowest BCUT2D eigenvalue weighted by Crippen LogP contribution is -2.36. The summed E-state index contributed by atoms with van der Waals surface area (Å²) >= 11 is 0. The van der Waals surface area contributed by atoms with E-state index in [-0.39, 0.29) is 17.9 Å². The maximum Gasteiger partial charge on any atom is 0.223 e. The van der Waals surface area contributed by atoms with Crippen molar-refractivity contribution in [3.63, 3.8) is 0 Å². The topological polar surface area (TPSA) is 29.1 Å². The van der Waals surface area contributed by atoms with Gasteiger partial charge in [0.25, 0.3) is 0 Å². The van der Waals surface area contributed by atoms with Crippen LogP contribution in [0.2, 0.25) is 0 Å². The highest BCUT2D eigenvalue weighted by Gasteiger charge is 2.24. The molecule has 0 aromatic rings. The normalized spacial score (nSPS) is 18.3. The smallest absolute Gasteiger partial charge is 0.223 e. The molecular formula is C15H27NO. The third kappa shape index (κ3) is 5.38. The molecule has 0 saturated heterocycles. The van der Waals surface area contributed by atoms with Crippen LogP contribution < -0.4 is 5.32 Å². The van der Waals surface area contributed by atoms with E-state index in [0.29, 0.717) is 0 Å². The first-order valence-corrected chi connectivity index (χ1v) is 7.04. The highest BCUT2D eigenvalue weighted by atomic mass is 16.1. The Labute approximate surface area is 106 Å². The maximum absolute atomic E-state index is 12.1. The van der Waals surface area contributed by atoms with Crippen molar-refractivity contribution in [2.75, 3.05) is 0 Å². The zero-order valence-electron chi connectivity index (χ0n) is 11.4. The lowest BCUT2D eigenvalue weighted by molar-refractivity contribution is -0.126. The summed E-state index contributed by atoms with van der Waals surface area (Å²) in [7, 11) is 0. The van der Waals surface area contributed by atoms with Gasteiger partial charge in [-0.1, -0.05) is 31.8 Å². The van der Waals surface area contributed by atoms with Crippen LogP contribution in [0.5, 0.6) is 0 Å². The van der Waals surface area contributed by atoms with Gasteiger partial charge in [0, 0.05) is 12.0 Å². The quantitative estimate of drug-likeness (QED) is 0.672. The largest absolute Gasteiger partial charge is 0.354 e. The molecular weight excluding hydrogens is 210 g/mol. The minimum atomic E-state index is 0.193. The fourth-order valence-corrected chi connectivity index (χ4v) is 2.73. The van der Waals surface area contributed by atoms with Crippen molar-refractivity contribution in [3.8, 4) is 0 Å². The van der Waals surface area contributed by atoms with E-state index >= 15 is 0 Å². The van der Waals surface area contributed by atoms with Crippen molar-refractivity contribution in [2.24, 2.45) is 11.8 Å². The molecule has 1 N–H and O–H groups in total. The Morgan fingerprint density at radius 2 is 2.06 bits per heavy atom. The van der Waals surface area contributed by atoms with Gasteiger partial charge >= 0.3 is 0 Å². The average Bonchev–Trinajstić information content (AvgIpc) is 2.75. The number of carbonyl (C=O) groups is 1. The van der Waals surface area contributed by atoms with Crippen LogP contribution in [-0.2, 0) is 4.79 Å². The van der Waals surface area contributed by atoms with Crippen LogP contribution >= 0.6 is 0 Å². The van der Waals surface area contributed by atoms with Crippen LogP contribution in [0.25, 0.3) is 0 Å². The number of carbonyl (C=O) groups excluding carboxylic acids is 1. The van der Waals surface area contributed by atoms with E-state index in [1.165, 1.54) is 25.7 Å². The Kier molecular flexibility index (Phi) is 6.31. The van der Waals surface area contributed by atoms with Crippen molar-refractivity contribution in [1.82, 2.24) is 5.32 Å². The summed E-state index contributed by atoms with van der Waals surface area (Å²) in [5.74, 6) is 1.22. The molecule has 0 aromatic carbocycles. The molecule has 1 aliphatic carbocycles. The van der Waals surface area contributed by atoms with Crippen LogP contribution in [0.4, 0.5) is 0 Å². The Morgan fingerprint density at radius 1 is 1.41 bits per heavy atom. The summed E-state index contributed by atoms with van der Waals surface area (Å²) in [5.41, 5.74) is 0. The summed E-state index contributed by atoms with van der Waals surface area (Å²) in [6.45, 7) is 7.80. The molecule has 1 atom stereocenters. The zero-order valence-corrected chi connectivity index (χ0v) is 11.4. The van der Waals surface area contributed by atoms with Crippen molar-refractivity contribution < 1.29 is 4.79 Å². The predicted molar refractivity (Wildman–Crippen MR) is 72.8 cm³/mol. The molecule has 1 saturated carbocycles. The molecule has 0 heterocycles. The molecule has 1 unspecified atom stereocenters. The monoisotopic (exact) mass is 237 g/mol. The maximum atomic E-state index is 12.1. The molecule has 0 aliphatic heterocycles. The number of hydrogen-bond donors (Lipinski definition) is 1. The minimum Gasteiger partial charge on any atom is -0.354 e. The second-order valence-corrected chi connectivity index (χ2v) is 5.61. The van der Waals surface area contributed by atoms with Gasteiger partial charge in [-0.2, -0.15) is 0 Å². The Morgan fingerprint density at radius 3 is 2.59 bits per heavy atom. The SMILES string of the molecule is C=CCCC(CC1CCCC1)C(=O)NC(C)C. The Bertz CT molecular complexity index is 241. The second kappa shape index (κ2) is 7.52. The van der Waals surface area contributed by atoms with E-state index < -0.39 is 0 Å². The molecule has 0 bridgehead atoms. The van der Waals surface area contributed by atoms with E-state index in [9.17, 15) is 4.79 Å². The summed E-state index contributed by atoms with van der Waals surface area (Å²) in [6, 6.07) is 0.248. The molecule has 0 spiro atoms. The number of nitrogens with one attached hydrogen (secondary N) is 1. The first-order chi connectivity index (χ1) is 8.13. The fraction of sp³-hybridized carbons (Fsp3) is 0.800. The van der Waals surface area contributed by atoms with E-state index in [1.807, 2.05) is 19.9 Å². The van der Waals surface area contributed by atoms with Gasteiger partial charge in [-0.25, -0.2) is 0 Å². The van der Waals surface area contributed by atoms with Crippen molar-refractivity contribution in [3.05, 3.63) is 12.7 Å². The van der Waals surface area contributed by atoms with Crippen LogP contribution in [0.1, 0.15) is 58.8 Å². The average molecular weight is 237 g/mol. The van der Waals surface area contributed by atoms with Gasteiger partial charge in [0.15, 0.2) is 0 Å². The third-order valence-electron chi connectivity index (χ3n) is 3.61. The molecule has 1 rings (SSSR count). The summed E-state index contributed by atoms with van der Waals surface area (Å²) in [5, 5.41) is 3.05. The first kappa shape index (κ1) is 14.3. The van der Waals surface area contributed by atoms with E-state index in [4.69, 9.17) is 0 Å². The van der Waals surface area contributed by atoms with Gasteiger partial charge < -0.3 is 5.32 Å². The summed E-state index contributed by atoms with van der Waals surface area (Å²) < 4.78 is 0. The van der Waals surface area contributed by atoms with Gasteiger partial charge in [0.2, 0.25) is 5.91 Å². The summed E-state index contributed by atoms with van der Waals surface area (Å²) in [4.78, 5) is 12.1. The van der Waals surface area contributed by atoms with Gasteiger partial charge in [-0.05, 0) is 39.0 Å². The number of amides is 1. The second-order valence-electron chi connectivity index (χ2n) is 5.61. The standard InChI is InChI=1S/C15H27NO/c1-4-5-10-14(15(17)16-12(2)3)11-13-8-6-7-9-13/h4,12-14H,1,5-11H2,2-3H3,(H,16,17). The van der Waals surface area contributed by atoms with Crippen molar-refractivity contribution in [2.45, 2.75) is 64.8 Å². The highest BCUT2D eigenvalue weighted by molar-refractivity contribution is 5.78. The van der Waals surface area contributed by atoms with Gasteiger partial charge in [0.05, 0.1) is 0 Å². The molecule has 2 heteroatoms. The van der Waals surface area contributed by atoms with Gasteiger partial charge in [-0.15, -0.1) is 6.58 Å². The molecule has 0 aromatic heterocycles. The van der Waals surface area contributed by atoms with Crippen LogP contribution in [0.3, 0.4) is 0 Å². The fourth-order valence-electron chi connectivity index (χ4n) is 2.73. The predicted octanol–water partition coefficient (Wildman–Crippen LogP) is 3.67. The summed E-state index contributed by atoms with van der Waals surface area (Å²) in [6.07, 6.45) is 10.2. The Hall–Kier alpha value is -0.790. The Balaban J connectivity index is 2.45. The molecule has 17 heavy (non-hydrogen) atoms. The highest BCUT2D eigenvalue weighted by Crippen LogP contribution is 2.31. The zero-order chi connectivity index (χ0) is 12.7.